The molecule has 1 aromatic carbocycles. The summed E-state index contributed by atoms with van der Waals surface area (Å²) < 4.78 is 6.35. The van der Waals surface area contributed by atoms with Gasteiger partial charge in [0.1, 0.15) is 5.69 Å². The van der Waals surface area contributed by atoms with E-state index in [9.17, 15) is 4.79 Å². The molecule has 1 aliphatic heterocycles. The van der Waals surface area contributed by atoms with Gasteiger partial charge in [-0.25, -0.2) is 0 Å². The molecule has 5 nitrogen and oxygen atoms in total. The molecule has 0 atom stereocenters. The molecular weight excluding hydrogens is 358 g/mol. The van der Waals surface area contributed by atoms with E-state index in [0.29, 0.717) is 18.9 Å². The Balaban J connectivity index is 1.76. The third-order valence-electron chi connectivity index (χ3n) is 3.79. The van der Waals surface area contributed by atoms with Crippen molar-refractivity contribution in [2.75, 3.05) is 36.5 Å². The molecule has 1 aliphatic rings. The van der Waals surface area contributed by atoms with Crippen LogP contribution in [-0.4, -0.2) is 37.2 Å². The van der Waals surface area contributed by atoms with E-state index >= 15 is 0 Å². The number of nitrogens with one attached hydrogen (secondary N) is 1. The van der Waals surface area contributed by atoms with E-state index in [1.54, 1.807) is 6.20 Å². The highest BCUT2D eigenvalue weighted by Crippen LogP contribution is 2.21. The van der Waals surface area contributed by atoms with Crippen LogP contribution in [0.4, 0.5) is 11.4 Å². The van der Waals surface area contributed by atoms with Gasteiger partial charge in [-0.3, -0.25) is 9.78 Å². The monoisotopic (exact) mass is 375 g/mol. The number of carbonyl (C=O) groups is 1. The van der Waals surface area contributed by atoms with E-state index in [1.165, 1.54) is 0 Å². The molecule has 120 valence electrons. The molecule has 1 amide bonds. The molecule has 0 spiro atoms. The first-order chi connectivity index (χ1) is 11.1. The number of hydrogen-bond acceptors (Lipinski definition) is 4. The zero-order valence-electron chi connectivity index (χ0n) is 12.9. The van der Waals surface area contributed by atoms with Crippen molar-refractivity contribution in [2.45, 2.75) is 6.92 Å². The molecule has 3 rings (SSSR count). The van der Waals surface area contributed by atoms with Crippen LogP contribution in [0.25, 0.3) is 0 Å². The summed E-state index contributed by atoms with van der Waals surface area (Å²) >= 11 is 3.42. The normalized spacial score (nSPS) is 14.6. The van der Waals surface area contributed by atoms with Gasteiger partial charge >= 0.3 is 0 Å². The number of hydrogen-bond donors (Lipinski definition) is 1. The second-order valence-corrected chi connectivity index (χ2v) is 6.33. The van der Waals surface area contributed by atoms with Crippen LogP contribution in [0.2, 0.25) is 0 Å². The lowest BCUT2D eigenvalue weighted by molar-refractivity contribution is 0.102. The summed E-state index contributed by atoms with van der Waals surface area (Å²) in [4.78, 5) is 18.9. The lowest BCUT2D eigenvalue weighted by atomic mass is 10.2. The number of halogens is 1. The molecule has 0 radical (unpaired) electrons. The van der Waals surface area contributed by atoms with Crippen molar-refractivity contribution in [1.29, 1.82) is 0 Å². The number of anilines is 2. The van der Waals surface area contributed by atoms with Gasteiger partial charge < -0.3 is 15.0 Å². The number of aryl methyl sites for hydroxylation is 1. The fourth-order valence-electron chi connectivity index (χ4n) is 2.52. The van der Waals surface area contributed by atoms with Gasteiger partial charge in [0.2, 0.25) is 0 Å². The predicted molar refractivity (Wildman–Crippen MR) is 94.1 cm³/mol. The smallest absolute Gasteiger partial charge is 0.274 e. The largest absolute Gasteiger partial charge is 0.378 e. The SMILES string of the molecule is Cc1cc(Br)ccc1NC(=O)c1cc(N2CCOCC2)ccn1. The molecule has 1 saturated heterocycles. The number of ether oxygens (including phenoxy) is 1. The van der Waals surface area contributed by atoms with Crippen LogP contribution in [0.15, 0.2) is 41.0 Å². The highest BCUT2D eigenvalue weighted by Gasteiger charge is 2.15. The second kappa shape index (κ2) is 7.10. The molecule has 23 heavy (non-hydrogen) atoms. The summed E-state index contributed by atoms with van der Waals surface area (Å²) in [7, 11) is 0. The maximum absolute atomic E-state index is 12.5. The third kappa shape index (κ3) is 3.89. The van der Waals surface area contributed by atoms with Gasteiger partial charge in [-0.1, -0.05) is 15.9 Å². The van der Waals surface area contributed by atoms with Crippen LogP contribution in [-0.2, 0) is 4.74 Å². The number of pyridine rings is 1. The molecular formula is C17H18BrN3O2. The number of carbonyl (C=O) groups excluding carboxylic acids is 1. The van der Waals surface area contributed by atoms with Crippen molar-refractivity contribution in [3.8, 4) is 0 Å². The van der Waals surface area contributed by atoms with E-state index in [1.807, 2.05) is 37.3 Å². The fraction of sp³-hybridized carbons (Fsp3) is 0.294. The Hall–Kier alpha value is -1.92. The van der Waals surface area contributed by atoms with Crippen LogP contribution in [0.5, 0.6) is 0 Å². The van der Waals surface area contributed by atoms with Gasteiger partial charge in [0.15, 0.2) is 0 Å². The van der Waals surface area contributed by atoms with Crippen molar-refractivity contribution in [2.24, 2.45) is 0 Å². The van der Waals surface area contributed by atoms with Gasteiger partial charge in [0.25, 0.3) is 5.91 Å². The quantitative estimate of drug-likeness (QED) is 0.894. The maximum Gasteiger partial charge on any atom is 0.274 e. The first-order valence-electron chi connectivity index (χ1n) is 7.50. The zero-order valence-corrected chi connectivity index (χ0v) is 14.5. The Kier molecular flexibility index (Phi) is 4.93. The molecule has 0 aliphatic carbocycles. The van der Waals surface area contributed by atoms with Crippen LogP contribution < -0.4 is 10.2 Å². The Morgan fingerprint density at radius 1 is 1.26 bits per heavy atom. The minimum absolute atomic E-state index is 0.203. The Labute approximate surface area is 143 Å². The number of aromatic nitrogens is 1. The molecule has 2 aromatic rings. The highest BCUT2D eigenvalue weighted by molar-refractivity contribution is 9.10. The molecule has 0 unspecified atom stereocenters. The molecule has 1 fully saturated rings. The van der Waals surface area contributed by atoms with E-state index in [2.05, 4.69) is 31.1 Å². The molecule has 0 saturated carbocycles. The van der Waals surface area contributed by atoms with Crippen molar-refractivity contribution < 1.29 is 9.53 Å². The van der Waals surface area contributed by atoms with Crippen molar-refractivity contribution in [1.82, 2.24) is 4.98 Å². The number of morpholine rings is 1. The predicted octanol–water partition coefficient (Wildman–Crippen LogP) is 3.24. The number of rotatable bonds is 3. The Morgan fingerprint density at radius 2 is 2.04 bits per heavy atom. The summed E-state index contributed by atoms with van der Waals surface area (Å²) in [5.74, 6) is -0.203. The van der Waals surface area contributed by atoms with Gasteiger partial charge in [0, 0.05) is 35.1 Å². The number of nitrogens with zero attached hydrogens (tertiary/aromatic N) is 2. The Morgan fingerprint density at radius 3 is 2.78 bits per heavy atom. The molecule has 6 heteroatoms. The summed E-state index contributed by atoms with van der Waals surface area (Å²) in [5.41, 5.74) is 3.20. The van der Waals surface area contributed by atoms with Crippen LogP contribution in [0.1, 0.15) is 16.1 Å². The van der Waals surface area contributed by atoms with Gasteiger partial charge in [0.05, 0.1) is 13.2 Å². The van der Waals surface area contributed by atoms with Gasteiger partial charge in [-0.05, 0) is 42.8 Å². The lowest BCUT2D eigenvalue weighted by Crippen LogP contribution is -2.36. The van der Waals surface area contributed by atoms with Gasteiger partial charge in [-0.2, -0.15) is 0 Å². The topological polar surface area (TPSA) is 54.5 Å². The summed E-state index contributed by atoms with van der Waals surface area (Å²) in [6, 6.07) is 9.50. The first-order valence-corrected chi connectivity index (χ1v) is 8.29. The Bertz CT molecular complexity index is 715. The van der Waals surface area contributed by atoms with Crippen molar-refractivity contribution in [3.05, 3.63) is 52.3 Å². The summed E-state index contributed by atoms with van der Waals surface area (Å²) in [6.07, 6.45) is 1.67. The number of benzene rings is 1. The van der Waals surface area contributed by atoms with E-state index < -0.39 is 0 Å². The summed E-state index contributed by atoms with van der Waals surface area (Å²) in [5, 5.41) is 2.92. The maximum atomic E-state index is 12.5. The van der Waals surface area contributed by atoms with Crippen molar-refractivity contribution in [3.63, 3.8) is 0 Å². The second-order valence-electron chi connectivity index (χ2n) is 5.41. The van der Waals surface area contributed by atoms with Crippen LogP contribution in [0, 0.1) is 6.92 Å². The highest BCUT2D eigenvalue weighted by atomic mass is 79.9. The third-order valence-corrected chi connectivity index (χ3v) is 4.28. The van der Waals surface area contributed by atoms with E-state index in [0.717, 1.165) is 34.5 Å². The lowest BCUT2D eigenvalue weighted by Gasteiger charge is -2.28. The van der Waals surface area contributed by atoms with E-state index in [-0.39, 0.29) is 5.91 Å². The van der Waals surface area contributed by atoms with Crippen molar-refractivity contribution >= 4 is 33.2 Å². The average molecular weight is 376 g/mol. The van der Waals surface area contributed by atoms with Crippen LogP contribution in [0.3, 0.4) is 0 Å². The van der Waals surface area contributed by atoms with Crippen LogP contribution >= 0.6 is 15.9 Å². The molecule has 2 heterocycles. The minimum Gasteiger partial charge on any atom is -0.378 e. The fourth-order valence-corrected chi connectivity index (χ4v) is 2.99. The zero-order chi connectivity index (χ0) is 16.2. The standard InChI is InChI=1S/C17H18BrN3O2/c1-12-10-13(18)2-3-15(12)20-17(22)16-11-14(4-5-19-16)21-6-8-23-9-7-21/h2-5,10-11H,6-9H2,1H3,(H,20,22). The number of amides is 1. The summed E-state index contributed by atoms with van der Waals surface area (Å²) in [6.45, 7) is 5.04. The van der Waals surface area contributed by atoms with Gasteiger partial charge in [-0.15, -0.1) is 0 Å². The van der Waals surface area contributed by atoms with E-state index in [4.69, 9.17) is 4.74 Å². The minimum atomic E-state index is -0.203. The first kappa shape index (κ1) is 16.0. The average Bonchev–Trinajstić information content (AvgIpc) is 2.58. The molecule has 0 bridgehead atoms. The molecule has 1 aromatic heterocycles. The molecule has 1 N–H and O–H groups in total.